The molecule has 5 heteroatoms. The number of benzene rings is 2. The molecule has 4 nitrogen and oxygen atoms in total. The molecule has 0 amide bonds. The predicted octanol–water partition coefficient (Wildman–Crippen LogP) is 2.82. The van der Waals surface area contributed by atoms with Crippen molar-refractivity contribution < 1.29 is 9.13 Å². The molecule has 2 aromatic rings. The maximum Gasteiger partial charge on any atom is 0.165 e. The van der Waals surface area contributed by atoms with E-state index in [1.165, 1.54) is 6.07 Å². The molecule has 0 aromatic heterocycles. The molecule has 0 saturated carbocycles. The quantitative estimate of drug-likeness (QED) is 0.922. The van der Waals surface area contributed by atoms with Crippen LogP contribution in [-0.2, 0) is 6.61 Å². The summed E-state index contributed by atoms with van der Waals surface area (Å²) in [6.45, 7) is 1.87. The van der Waals surface area contributed by atoms with Gasteiger partial charge in [-0.2, -0.15) is 0 Å². The summed E-state index contributed by atoms with van der Waals surface area (Å²) in [6.07, 6.45) is 0. The van der Waals surface area contributed by atoms with Crippen molar-refractivity contribution in [3.8, 4) is 5.75 Å². The third kappa shape index (κ3) is 3.62. The molecule has 0 radical (unpaired) electrons. The SMILES string of the molecule is CN(C)c1cccc(COc2ccc(C3=NCCN3)cc2F)c1. The average molecular weight is 313 g/mol. The van der Waals surface area contributed by atoms with Crippen molar-refractivity contribution in [1.29, 1.82) is 0 Å². The summed E-state index contributed by atoms with van der Waals surface area (Å²) in [5, 5.41) is 3.13. The van der Waals surface area contributed by atoms with Crippen LogP contribution >= 0.6 is 0 Å². The van der Waals surface area contributed by atoms with E-state index in [4.69, 9.17) is 4.74 Å². The molecule has 120 valence electrons. The first-order valence-corrected chi connectivity index (χ1v) is 7.61. The number of anilines is 1. The van der Waals surface area contributed by atoms with Crippen molar-refractivity contribution >= 4 is 11.5 Å². The fourth-order valence-electron chi connectivity index (χ4n) is 2.44. The zero-order valence-corrected chi connectivity index (χ0v) is 13.3. The number of amidine groups is 1. The standard InChI is InChI=1S/C18H20FN3O/c1-22(2)15-5-3-4-13(10-15)12-23-17-7-6-14(11-16(17)19)18-20-8-9-21-18/h3-7,10-11H,8-9,12H2,1-2H3,(H,20,21). The van der Waals surface area contributed by atoms with Gasteiger partial charge in [-0.25, -0.2) is 4.39 Å². The van der Waals surface area contributed by atoms with Gasteiger partial charge in [0.25, 0.3) is 0 Å². The van der Waals surface area contributed by atoms with Crippen LogP contribution in [0.2, 0.25) is 0 Å². The van der Waals surface area contributed by atoms with Gasteiger partial charge in [0, 0.05) is 31.9 Å². The van der Waals surface area contributed by atoms with E-state index in [0.29, 0.717) is 6.61 Å². The van der Waals surface area contributed by atoms with Crippen molar-refractivity contribution in [3.63, 3.8) is 0 Å². The molecule has 23 heavy (non-hydrogen) atoms. The number of nitrogens with one attached hydrogen (secondary N) is 1. The monoisotopic (exact) mass is 313 g/mol. The summed E-state index contributed by atoms with van der Waals surface area (Å²) in [6, 6.07) is 12.9. The van der Waals surface area contributed by atoms with E-state index in [1.54, 1.807) is 6.07 Å². The third-order valence-corrected chi connectivity index (χ3v) is 3.70. The van der Waals surface area contributed by atoms with Crippen LogP contribution < -0.4 is 15.0 Å². The number of halogens is 1. The third-order valence-electron chi connectivity index (χ3n) is 3.70. The molecule has 2 aromatic carbocycles. The van der Waals surface area contributed by atoms with Gasteiger partial charge >= 0.3 is 0 Å². The Morgan fingerprint density at radius 1 is 1.22 bits per heavy atom. The van der Waals surface area contributed by atoms with E-state index in [2.05, 4.69) is 10.3 Å². The lowest BCUT2D eigenvalue weighted by atomic mass is 10.2. The molecule has 0 unspecified atom stereocenters. The molecular weight excluding hydrogens is 293 g/mol. The Bertz CT molecular complexity index is 728. The second-order valence-corrected chi connectivity index (χ2v) is 5.66. The van der Waals surface area contributed by atoms with Gasteiger partial charge in [0.2, 0.25) is 0 Å². The van der Waals surface area contributed by atoms with Crippen molar-refractivity contribution in [2.24, 2.45) is 4.99 Å². The maximum absolute atomic E-state index is 14.2. The van der Waals surface area contributed by atoms with Crippen LogP contribution in [0.25, 0.3) is 0 Å². The Morgan fingerprint density at radius 3 is 2.78 bits per heavy atom. The molecule has 0 spiro atoms. The van der Waals surface area contributed by atoms with E-state index in [9.17, 15) is 4.39 Å². The number of hydrogen-bond acceptors (Lipinski definition) is 4. The van der Waals surface area contributed by atoms with Crippen molar-refractivity contribution in [3.05, 3.63) is 59.4 Å². The Hall–Kier alpha value is -2.56. The van der Waals surface area contributed by atoms with Gasteiger partial charge in [0.15, 0.2) is 11.6 Å². The fourth-order valence-corrected chi connectivity index (χ4v) is 2.44. The number of nitrogens with zero attached hydrogens (tertiary/aromatic N) is 2. The van der Waals surface area contributed by atoms with Crippen LogP contribution in [0, 0.1) is 5.82 Å². The van der Waals surface area contributed by atoms with Gasteiger partial charge in [0.1, 0.15) is 12.4 Å². The minimum atomic E-state index is -0.373. The van der Waals surface area contributed by atoms with E-state index < -0.39 is 0 Å². The lowest BCUT2D eigenvalue weighted by molar-refractivity contribution is 0.290. The molecule has 1 aliphatic heterocycles. The Morgan fingerprint density at radius 2 is 2.09 bits per heavy atom. The highest BCUT2D eigenvalue weighted by Crippen LogP contribution is 2.21. The summed E-state index contributed by atoms with van der Waals surface area (Å²) in [7, 11) is 3.97. The van der Waals surface area contributed by atoms with Crippen molar-refractivity contribution in [1.82, 2.24) is 5.32 Å². The van der Waals surface area contributed by atoms with Gasteiger partial charge in [-0.3, -0.25) is 4.99 Å². The minimum Gasteiger partial charge on any atom is -0.486 e. The first-order chi connectivity index (χ1) is 11.1. The molecule has 0 fully saturated rings. The van der Waals surface area contributed by atoms with Crippen LogP contribution in [0.15, 0.2) is 47.5 Å². The highest BCUT2D eigenvalue weighted by Gasteiger charge is 2.11. The molecule has 1 aliphatic rings. The molecule has 1 heterocycles. The Labute approximate surface area is 135 Å². The highest BCUT2D eigenvalue weighted by molar-refractivity contribution is 5.99. The fraction of sp³-hybridized carbons (Fsp3) is 0.278. The normalized spacial score (nSPS) is 13.4. The zero-order valence-electron chi connectivity index (χ0n) is 13.3. The smallest absolute Gasteiger partial charge is 0.165 e. The molecule has 0 atom stereocenters. The molecule has 1 N–H and O–H groups in total. The number of ether oxygens (including phenoxy) is 1. The second kappa shape index (κ2) is 6.69. The predicted molar refractivity (Wildman–Crippen MR) is 90.9 cm³/mol. The molecular formula is C18H20FN3O. The van der Waals surface area contributed by atoms with Gasteiger partial charge in [-0.1, -0.05) is 12.1 Å². The van der Waals surface area contributed by atoms with E-state index >= 15 is 0 Å². The maximum atomic E-state index is 14.2. The minimum absolute atomic E-state index is 0.252. The van der Waals surface area contributed by atoms with Crippen LogP contribution in [0.5, 0.6) is 5.75 Å². The average Bonchev–Trinajstić information content (AvgIpc) is 3.08. The summed E-state index contributed by atoms with van der Waals surface area (Å²) in [5.41, 5.74) is 2.84. The largest absolute Gasteiger partial charge is 0.486 e. The van der Waals surface area contributed by atoms with Gasteiger partial charge in [-0.15, -0.1) is 0 Å². The van der Waals surface area contributed by atoms with Crippen LogP contribution in [0.4, 0.5) is 10.1 Å². The van der Waals surface area contributed by atoms with Gasteiger partial charge in [-0.05, 0) is 35.9 Å². The number of hydrogen-bond donors (Lipinski definition) is 1. The van der Waals surface area contributed by atoms with Gasteiger partial charge in [0.05, 0.1) is 6.54 Å². The number of rotatable bonds is 5. The Balaban J connectivity index is 1.69. The zero-order chi connectivity index (χ0) is 16.2. The molecule has 3 rings (SSSR count). The lowest BCUT2D eigenvalue weighted by Gasteiger charge is -2.14. The van der Waals surface area contributed by atoms with E-state index in [-0.39, 0.29) is 11.6 Å². The summed E-state index contributed by atoms with van der Waals surface area (Å²) >= 11 is 0. The second-order valence-electron chi connectivity index (χ2n) is 5.66. The molecule has 0 aliphatic carbocycles. The molecule has 0 bridgehead atoms. The van der Waals surface area contributed by atoms with Crippen LogP contribution in [0.1, 0.15) is 11.1 Å². The summed E-state index contributed by atoms with van der Waals surface area (Å²) in [5.74, 6) is 0.624. The van der Waals surface area contributed by atoms with E-state index in [0.717, 1.165) is 35.7 Å². The van der Waals surface area contributed by atoms with Crippen molar-refractivity contribution in [2.45, 2.75) is 6.61 Å². The van der Waals surface area contributed by atoms with Crippen LogP contribution in [0.3, 0.4) is 0 Å². The van der Waals surface area contributed by atoms with E-state index in [1.807, 2.05) is 49.3 Å². The lowest BCUT2D eigenvalue weighted by Crippen LogP contribution is -2.19. The number of aliphatic imine (C=N–C) groups is 1. The van der Waals surface area contributed by atoms with Crippen LogP contribution in [-0.4, -0.2) is 33.0 Å². The van der Waals surface area contributed by atoms with Crippen molar-refractivity contribution in [2.75, 3.05) is 32.1 Å². The highest BCUT2D eigenvalue weighted by atomic mass is 19.1. The van der Waals surface area contributed by atoms with Gasteiger partial charge < -0.3 is 15.0 Å². The summed E-state index contributed by atoms with van der Waals surface area (Å²) in [4.78, 5) is 6.31. The molecule has 0 saturated heterocycles. The topological polar surface area (TPSA) is 36.9 Å². The first-order valence-electron chi connectivity index (χ1n) is 7.61. The Kier molecular flexibility index (Phi) is 4.46. The first kappa shape index (κ1) is 15.3. The summed E-state index contributed by atoms with van der Waals surface area (Å²) < 4.78 is 19.8.